The first kappa shape index (κ1) is 17.7. The van der Waals surface area contributed by atoms with E-state index in [0.29, 0.717) is 39.9 Å². The summed E-state index contributed by atoms with van der Waals surface area (Å²) in [5.74, 6) is -0.687. The summed E-state index contributed by atoms with van der Waals surface area (Å²) in [6.07, 6.45) is 2.17. The minimum Gasteiger partial charge on any atom is -0.363 e. The highest BCUT2D eigenvalue weighted by atomic mass is 35.5. The number of aryl methyl sites for hydroxylation is 1. The lowest BCUT2D eigenvalue weighted by atomic mass is 9.76. The Hall–Kier alpha value is -1.69. The monoisotopic (exact) mass is 394 g/mol. The molecular weight excluding hydrogens is 378 g/mol. The Bertz CT molecular complexity index is 901. The molecule has 1 aromatic heterocycles. The highest BCUT2D eigenvalue weighted by Crippen LogP contribution is 2.53. The maximum atomic E-state index is 15.8. The second-order valence-electron chi connectivity index (χ2n) is 6.91. The first-order valence-corrected chi connectivity index (χ1v) is 9.12. The molecule has 1 N–H and O–H groups in total. The lowest BCUT2D eigenvalue weighted by Crippen LogP contribution is -2.45. The van der Waals surface area contributed by atoms with Gasteiger partial charge in [-0.25, -0.2) is 4.39 Å². The quantitative estimate of drug-likeness (QED) is 0.793. The number of nitrogens with zero attached hydrogens (tertiary/aromatic N) is 1. The van der Waals surface area contributed by atoms with Crippen LogP contribution in [0, 0.1) is 6.92 Å². The molecule has 2 aromatic rings. The highest BCUT2D eigenvalue weighted by Gasteiger charge is 2.59. The molecule has 1 fully saturated rings. The van der Waals surface area contributed by atoms with E-state index < -0.39 is 17.2 Å². The Balaban J connectivity index is 1.60. The molecule has 2 aliphatic rings. The van der Waals surface area contributed by atoms with Crippen LogP contribution in [0.4, 0.5) is 4.39 Å². The molecule has 0 unspecified atom stereocenters. The van der Waals surface area contributed by atoms with Crippen LogP contribution in [-0.2, 0) is 27.3 Å². The number of amides is 1. The molecule has 4 rings (SSSR count). The fourth-order valence-electron chi connectivity index (χ4n) is 3.45. The van der Waals surface area contributed by atoms with E-state index in [-0.39, 0.29) is 13.0 Å². The molecule has 1 aromatic carbocycles. The van der Waals surface area contributed by atoms with E-state index in [1.807, 2.05) is 6.92 Å². The molecule has 7 heteroatoms. The topological polar surface area (TPSA) is 54.5 Å². The zero-order valence-corrected chi connectivity index (χ0v) is 15.6. The van der Waals surface area contributed by atoms with Gasteiger partial charge < -0.3 is 10.1 Å². The maximum absolute atomic E-state index is 15.8. The number of pyridine rings is 1. The van der Waals surface area contributed by atoms with Crippen LogP contribution in [-0.4, -0.2) is 17.5 Å². The highest BCUT2D eigenvalue weighted by molar-refractivity contribution is 6.35. The molecule has 1 aliphatic heterocycles. The van der Waals surface area contributed by atoms with Crippen LogP contribution in [0.1, 0.15) is 35.2 Å². The molecular formula is C19H17Cl2FN2O2. The number of carbonyl (C=O) groups excluding carboxylic acids is 1. The van der Waals surface area contributed by atoms with Crippen LogP contribution in [0.5, 0.6) is 0 Å². The third-order valence-corrected chi connectivity index (χ3v) is 5.65. The number of halogens is 3. The molecule has 26 heavy (non-hydrogen) atoms. The number of fused-ring (bicyclic) bond motifs is 2. The molecule has 1 saturated heterocycles. The number of alkyl halides is 1. The molecule has 1 amide bonds. The summed E-state index contributed by atoms with van der Waals surface area (Å²) in [6.45, 7) is 2.47. The average molecular weight is 395 g/mol. The zero-order chi connectivity index (χ0) is 18.5. The summed E-state index contributed by atoms with van der Waals surface area (Å²) in [5, 5.41) is 3.60. The van der Waals surface area contributed by atoms with Crippen molar-refractivity contribution in [3.8, 4) is 0 Å². The van der Waals surface area contributed by atoms with E-state index >= 15 is 4.39 Å². The van der Waals surface area contributed by atoms with Crippen molar-refractivity contribution >= 4 is 29.1 Å². The van der Waals surface area contributed by atoms with Crippen molar-refractivity contribution in [3.63, 3.8) is 0 Å². The molecule has 2 heterocycles. The van der Waals surface area contributed by atoms with E-state index in [1.165, 1.54) is 0 Å². The second-order valence-corrected chi connectivity index (χ2v) is 7.76. The van der Waals surface area contributed by atoms with Gasteiger partial charge in [-0.1, -0.05) is 29.3 Å². The molecule has 0 bridgehead atoms. The summed E-state index contributed by atoms with van der Waals surface area (Å²) < 4.78 is 21.4. The van der Waals surface area contributed by atoms with Crippen molar-refractivity contribution in [2.75, 3.05) is 6.61 Å². The Labute approximate surface area is 160 Å². The van der Waals surface area contributed by atoms with E-state index in [4.69, 9.17) is 27.9 Å². The maximum Gasteiger partial charge on any atom is 0.262 e. The molecule has 0 saturated carbocycles. The molecule has 1 spiro atoms. The number of aromatic nitrogens is 1. The van der Waals surface area contributed by atoms with Crippen LogP contribution in [0.3, 0.4) is 0 Å². The predicted molar refractivity (Wildman–Crippen MR) is 96.9 cm³/mol. The number of epoxide rings is 1. The van der Waals surface area contributed by atoms with Gasteiger partial charge in [0, 0.05) is 28.4 Å². The van der Waals surface area contributed by atoms with Gasteiger partial charge >= 0.3 is 0 Å². The Morgan fingerprint density at radius 3 is 2.81 bits per heavy atom. The normalized spacial score (nSPS) is 26.5. The number of hydrogen-bond acceptors (Lipinski definition) is 3. The Morgan fingerprint density at radius 1 is 1.35 bits per heavy atom. The van der Waals surface area contributed by atoms with Crippen molar-refractivity contribution in [2.24, 2.45) is 0 Å². The largest absolute Gasteiger partial charge is 0.363 e. The van der Waals surface area contributed by atoms with Gasteiger partial charge in [-0.2, -0.15) is 0 Å². The third-order valence-electron chi connectivity index (χ3n) is 5.06. The first-order chi connectivity index (χ1) is 12.3. The van der Waals surface area contributed by atoms with Crippen LogP contribution < -0.4 is 5.32 Å². The predicted octanol–water partition coefficient (Wildman–Crippen LogP) is 4.20. The summed E-state index contributed by atoms with van der Waals surface area (Å²) in [4.78, 5) is 17.1. The SMILES string of the molecule is Cc1cnc2c(c1)[C@](F)(C(=O)NCc1ccc(Cl)cc1Cl)CC[C@@]21CO1. The number of benzene rings is 1. The summed E-state index contributed by atoms with van der Waals surface area (Å²) >= 11 is 12.0. The number of nitrogens with one attached hydrogen (secondary N) is 1. The van der Waals surface area contributed by atoms with Crippen molar-refractivity contribution in [1.82, 2.24) is 10.3 Å². The summed E-state index contributed by atoms with van der Waals surface area (Å²) in [6, 6.07) is 6.67. The number of ether oxygens (including phenoxy) is 1. The van der Waals surface area contributed by atoms with Gasteiger partial charge in [-0.05, 0) is 49.1 Å². The molecule has 4 nitrogen and oxygen atoms in total. The van der Waals surface area contributed by atoms with Crippen molar-refractivity contribution in [2.45, 2.75) is 37.6 Å². The van der Waals surface area contributed by atoms with Crippen LogP contribution in [0.25, 0.3) is 0 Å². The minimum atomic E-state index is -2.13. The first-order valence-electron chi connectivity index (χ1n) is 8.37. The molecule has 1 aliphatic carbocycles. The van der Waals surface area contributed by atoms with Crippen LogP contribution in [0.15, 0.2) is 30.5 Å². The smallest absolute Gasteiger partial charge is 0.262 e. The van der Waals surface area contributed by atoms with Crippen LogP contribution in [0.2, 0.25) is 10.0 Å². The average Bonchev–Trinajstić information content (AvgIpc) is 3.38. The molecule has 136 valence electrons. The summed E-state index contributed by atoms with van der Waals surface area (Å²) in [7, 11) is 0. The molecule has 0 radical (unpaired) electrons. The van der Waals surface area contributed by atoms with E-state index in [0.717, 1.165) is 5.56 Å². The lowest BCUT2D eigenvalue weighted by Gasteiger charge is -2.33. The lowest BCUT2D eigenvalue weighted by molar-refractivity contribution is -0.135. The van der Waals surface area contributed by atoms with Gasteiger partial charge in [0.25, 0.3) is 5.91 Å². The van der Waals surface area contributed by atoms with Gasteiger partial charge in [-0.3, -0.25) is 9.78 Å². The third kappa shape index (κ3) is 2.88. The number of carbonyl (C=O) groups is 1. The van der Waals surface area contributed by atoms with Gasteiger partial charge in [0.05, 0.1) is 12.3 Å². The Morgan fingerprint density at radius 2 is 2.12 bits per heavy atom. The Kier molecular flexibility index (Phi) is 4.21. The zero-order valence-electron chi connectivity index (χ0n) is 14.1. The number of rotatable bonds is 3. The standard InChI is InChI=1S/C19H17Cl2FN2O2/c1-11-6-14-16(23-8-11)18(10-26-18)4-5-19(14,22)17(25)24-9-12-2-3-13(20)7-15(12)21/h2-3,6-8H,4-5,9-10H2,1H3,(H,24,25)/t18-,19+/m1/s1. The fraction of sp³-hybridized carbons (Fsp3) is 0.368. The van der Waals surface area contributed by atoms with Crippen molar-refractivity contribution in [1.29, 1.82) is 0 Å². The van der Waals surface area contributed by atoms with Crippen molar-refractivity contribution < 1.29 is 13.9 Å². The fourth-order valence-corrected chi connectivity index (χ4v) is 3.92. The second kappa shape index (κ2) is 6.19. The van der Waals surface area contributed by atoms with E-state index in [1.54, 1.807) is 30.5 Å². The molecule has 2 atom stereocenters. The summed E-state index contributed by atoms with van der Waals surface area (Å²) in [5.41, 5.74) is -0.328. The van der Waals surface area contributed by atoms with Crippen LogP contribution >= 0.6 is 23.2 Å². The van der Waals surface area contributed by atoms with Gasteiger partial charge in [-0.15, -0.1) is 0 Å². The minimum absolute atomic E-state index is 0.0608. The van der Waals surface area contributed by atoms with Gasteiger partial charge in [0.2, 0.25) is 5.67 Å². The van der Waals surface area contributed by atoms with E-state index in [9.17, 15) is 4.79 Å². The van der Waals surface area contributed by atoms with Gasteiger partial charge in [0.1, 0.15) is 5.60 Å². The van der Waals surface area contributed by atoms with E-state index in [2.05, 4.69) is 10.3 Å². The number of hydrogen-bond donors (Lipinski definition) is 1. The van der Waals surface area contributed by atoms with Crippen molar-refractivity contribution in [3.05, 3.63) is 62.9 Å². The van der Waals surface area contributed by atoms with Gasteiger partial charge in [0.15, 0.2) is 0 Å².